The van der Waals surface area contributed by atoms with Crippen molar-refractivity contribution in [2.45, 2.75) is 6.92 Å². The molecule has 0 aromatic heterocycles. The average molecular weight is 207 g/mol. The summed E-state index contributed by atoms with van der Waals surface area (Å²) in [4.78, 5) is 20.8. The summed E-state index contributed by atoms with van der Waals surface area (Å²) in [7, 11) is 0. The van der Waals surface area contributed by atoms with Gasteiger partial charge in [0.05, 0.1) is 16.1 Å². The minimum absolute atomic E-state index is 0.0787. The fraction of sp³-hybridized carbons (Fsp3) is 0.100. The molecule has 0 saturated heterocycles. The van der Waals surface area contributed by atoms with Gasteiger partial charge in [-0.1, -0.05) is 18.7 Å². The first-order valence-electron chi connectivity index (χ1n) is 4.11. The van der Waals surface area contributed by atoms with Crippen LogP contribution in [-0.2, 0) is 4.79 Å². The predicted octanol–water partition coefficient (Wildman–Crippen LogP) is 2.00. The Morgan fingerprint density at radius 3 is 2.60 bits per heavy atom. The zero-order valence-corrected chi connectivity index (χ0v) is 8.06. The molecule has 0 amide bonds. The third-order valence-electron chi connectivity index (χ3n) is 2.01. The van der Waals surface area contributed by atoms with E-state index in [2.05, 4.69) is 6.58 Å². The van der Waals surface area contributed by atoms with Crippen molar-refractivity contribution in [2.75, 3.05) is 0 Å². The number of carboxylic acid groups (broad SMARTS) is 1. The van der Waals surface area contributed by atoms with E-state index < -0.39 is 10.9 Å². The summed E-state index contributed by atoms with van der Waals surface area (Å²) in [6.07, 6.45) is 0. The molecule has 0 aliphatic rings. The highest BCUT2D eigenvalue weighted by atomic mass is 16.6. The molecule has 1 aromatic rings. The monoisotopic (exact) mass is 207 g/mol. The van der Waals surface area contributed by atoms with Crippen LogP contribution in [0.2, 0.25) is 0 Å². The summed E-state index contributed by atoms with van der Waals surface area (Å²) >= 11 is 0. The molecule has 0 bridgehead atoms. The van der Waals surface area contributed by atoms with Crippen molar-refractivity contribution >= 4 is 17.2 Å². The lowest BCUT2D eigenvalue weighted by atomic mass is 10.00. The lowest BCUT2D eigenvalue weighted by Crippen LogP contribution is -2.03. The topological polar surface area (TPSA) is 80.4 Å². The van der Waals surface area contributed by atoms with Crippen LogP contribution < -0.4 is 0 Å². The summed E-state index contributed by atoms with van der Waals surface area (Å²) in [5.74, 6) is -1.26. The number of benzene rings is 1. The number of aryl methyl sites for hydroxylation is 1. The van der Waals surface area contributed by atoms with Gasteiger partial charge < -0.3 is 5.11 Å². The van der Waals surface area contributed by atoms with Gasteiger partial charge >= 0.3 is 5.97 Å². The number of aliphatic carboxylic acids is 1. The number of rotatable bonds is 3. The van der Waals surface area contributed by atoms with Crippen LogP contribution in [0.15, 0.2) is 24.8 Å². The number of carbonyl (C=O) groups is 1. The highest BCUT2D eigenvalue weighted by molar-refractivity contribution is 6.16. The summed E-state index contributed by atoms with van der Waals surface area (Å²) < 4.78 is 0. The standard InChI is InChI=1S/C10H9NO4/c1-6-4-3-5-8(11(14)15)9(6)7(2)10(12)13/h3-5H,2H2,1H3,(H,12,13). The van der Waals surface area contributed by atoms with Crippen molar-refractivity contribution in [2.24, 2.45) is 0 Å². The maximum absolute atomic E-state index is 10.7. The zero-order valence-electron chi connectivity index (χ0n) is 8.06. The van der Waals surface area contributed by atoms with E-state index in [1.807, 2.05) is 0 Å². The maximum Gasteiger partial charge on any atom is 0.335 e. The first-order chi connectivity index (χ1) is 6.95. The predicted molar refractivity (Wildman–Crippen MR) is 54.5 cm³/mol. The molecule has 0 spiro atoms. The third kappa shape index (κ3) is 2.01. The Morgan fingerprint density at radius 2 is 2.13 bits per heavy atom. The van der Waals surface area contributed by atoms with Crippen molar-refractivity contribution in [3.63, 3.8) is 0 Å². The highest BCUT2D eigenvalue weighted by Gasteiger charge is 2.21. The quantitative estimate of drug-likeness (QED) is 0.467. The number of hydrogen-bond acceptors (Lipinski definition) is 3. The van der Waals surface area contributed by atoms with Crippen LogP contribution in [0, 0.1) is 17.0 Å². The Kier molecular flexibility index (Phi) is 2.85. The molecule has 1 N–H and O–H groups in total. The number of nitrogens with zero attached hydrogens (tertiary/aromatic N) is 1. The molecule has 0 heterocycles. The smallest absolute Gasteiger partial charge is 0.335 e. The Balaban J connectivity index is 3.44. The van der Waals surface area contributed by atoms with Crippen LogP contribution >= 0.6 is 0 Å². The van der Waals surface area contributed by atoms with Crippen molar-refractivity contribution in [1.29, 1.82) is 0 Å². The first kappa shape index (κ1) is 10.9. The lowest BCUT2D eigenvalue weighted by molar-refractivity contribution is -0.385. The summed E-state index contributed by atoms with van der Waals surface area (Å²) in [5, 5.41) is 19.4. The van der Waals surface area contributed by atoms with Crippen LogP contribution in [0.5, 0.6) is 0 Å². The maximum atomic E-state index is 10.7. The number of carboxylic acids is 1. The molecular weight excluding hydrogens is 198 g/mol. The molecule has 1 aromatic carbocycles. The largest absolute Gasteiger partial charge is 0.478 e. The van der Waals surface area contributed by atoms with E-state index in [9.17, 15) is 14.9 Å². The molecule has 5 nitrogen and oxygen atoms in total. The van der Waals surface area contributed by atoms with Gasteiger partial charge in [0.15, 0.2) is 0 Å². The Morgan fingerprint density at radius 1 is 1.53 bits per heavy atom. The molecule has 15 heavy (non-hydrogen) atoms. The molecule has 78 valence electrons. The zero-order chi connectivity index (χ0) is 11.6. The van der Waals surface area contributed by atoms with Crippen molar-refractivity contribution in [1.82, 2.24) is 0 Å². The van der Waals surface area contributed by atoms with Gasteiger partial charge in [0.2, 0.25) is 0 Å². The molecule has 0 aliphatic heterocycles. The van der Waals surface area contributed by atoms with Gasteiger partial charge in [-0.25, -0.2) is 4.79 Å². The normalized spacial score (nSPS) is 9.67. The molecule has 0 saturated carbocycles. The van der Waals surface area contributed by atoms with Crippen molar-refractivity contribution < 1.29 is 14.8 Å². The second-order valence-electron chi connectivity index (χ2n) is 3.01. The van der Waals surface area contributed by atoms with Gasteiger partial charge in [0.1, 0.15) is 0 Å². The van der Waals surface area contributed by atoms with Gasteiger partial charge in [-0.15, -0.1) is 0 Å². The molecule has 5 heteroatoms. The highest BCUT2D eigenvalue weighted by Crippen LogP contribution is 2.28. The van der Waals surface area contributed by atoms with Gasteiger partial charge in [0.25, 0.3) is 5.69 Å². The number of nitro benzene ring substituents is 1. The first-order valence-corrected chi connectivity index (χ1v) is 4.11. The Labute approximate surface area is 85.8 Å². The second kappa shape index (κ2) is 3.91. The van der Waals surface area contributed by atoms with Crippen molar-refractivity contribution in [3.8, 4) is 0 Å². The summed E-state index contributed by atoms with van der Waals surface area (Å²) in [6, 6.07) is 4.37. The fourth-order valence-electron chi connectivity index (χ4n) is 1.30. The minimum atomic E-state index is -1.26. The van der Waals surface area contributed by atoms with E-state index in [4.69, 9.17) is 5.11 Å². The summed E-state index contributed by atoms with van der Waals surface area (Å²) in [5.41, 5.74) is 0.105. The molecular formula is C10H9NO4. The van der Waals surface area contributed by atoms with Crippen molar-refractivity contribution in [3.05, 3.63) is 46.0 Å². The van der Waals surface area contributed by atoms with Crippen LogP contribution in [0.1, 0.15) is 11.1 Å². The SMILES string of the molecule is C=C(C(=O)O)c1c(C)cccc1[N+](=O)[O-]. The van der Waals surface area contributed by atoms with Gasteiger partial charge in [-0.2, -0.15) is 0 Å². The molecule has 1 rings (SSSR count). The fourth-order valence-corrected chi connectivity index (χ4v) is 1.30. The molecule has 0 fully saturated rings. The van der Waals surface area contributed by atoms with E-state index in [0.717, 1.165) is 0 Å². The summed E-state index contributed by atoms with van der Waals surface area (Å²) in [6.45, 7) is 4.93. The van der Waals surface area contributed by atoms with E-state index in [1.165, 1.54) is 12.1 Å². The van der Waals surface area contributed by atoms with Crippen LogP contribution in [-0.4, -0.2) is 16.0 Å². The Bertz CT molecular complexity index is 451. The van der Waals surface area contributed by atoms with Gasteiger partial charge in [0, 0.05) is 6.07 Å². The number of nitro groups is 1. The number of hydrogen-bond donors (Lipinski definition) is 1. The molecule has 0 atom stereocenters. The van der Waals surface area contributed by atoms with E-state index in [0.29, 0.717) is 5.56 Å². The Hall–Kier alpha value is -2.17. The second-order valence-corrected chi connectivity index (χ2v) is 3.01. The molecule has 0 radical (unpaired) electrons. The van der Waals surface area contributed by atoms with E-state index >= 15 is 0 Å². The lowest BCUT2D eigenvalue weighted by Gasteiger charge is -2.05. The van der Waals surface area contributed by atoms with E-state index in [-0.39, 0.29) is 16.8 Å². The minimum Gasteiger partial charge on any atom is -0.478 e. The van der Waals surface area contributed by atoms with Crippen LogP contribution in [0.4, 0.5) is 5.69 Å². The average Bonchev–Trinajstić information content (AvgIpc) is 2.16. The van der Waals surface area contributed by atoms with E-state index in [1.54, 1.807) is 13.0 Å². The van der Waals surface area contributed by atoms with Gasteiger partial charge in [-0.3, -0.25) is 10.1 Å². The van der Waals surface area contributed by atoms with Crippen LogP contribution in [0.3, 0.4) is 0 Å². The molecule has 0 unspecified atom stereocenters. The molecule has 0 aliphatic carbocycles. The van der Waals surface area contributed by atoms with Crippen LogP contribution in [0.25, 0.3) is 5.57 Å². The third-order valence-corrected chi connectivity index (χ3v) is 2.01. The van der Waals surface area contributed by atoms with Gasteiger partial charge in [-0.05, 0) is 12.5 Å².